The summed E-state index contributed by atoms with van der Waals surface area (Å²) in [5.41, 5.74) is 4.52. The fourth-order valence-electron chi connectivity index (χ4n) is 3.87. The highest BCUT2D eigenvalue weighted by atomic mass is 16.1. The molecule has 4 heteroatoms. The zero-order chi connectivity index (χ0) is 17.2. The first-order chi connectivity index (χ1) is 12.3. The lowest BCUT2D eigenvalue weighted by Crippen LogP contribution is -2.33. The maximum atomic E-state index is 11.8. The molecule has 4 rings (SSSR count). The quantitative estimate of drug-likeness (QED) is 0.763. The van der Waals surface area contributed by atoms with E-state index in [0.29, 0.717) is 5.92 Å². The molecule has 0 aliphatic carbocycles. The van der Waals surface area contributed by atoms with Gasteiger partial charge >= 0.3 is 0 Å². The molecule has 0 atom stereocenters. The van der Waals surface area contributed by atoms with Gasteiger partial charge in [0.25, 0.3) is 5.91 Å². The van der Waals surface area contributed by atoms with Crippen LogP contribution in [0, 0.1) is 0 Å². The summed E-state index contributed by atoms with van der Waals surface area (Å²) in [7, 11) is 1.67. The van der Waals surface area contributed by atoms with Crippen LogP contribution in [-0.4, -0.2) is 31.0 Å². The highest BCUT2D eigenvalue weighted by Gasteiger charge is 2.23. The second-order valence-corrected chi connectivity index (χ2v) is 6.68. The maximum Gasteiger partial charge on any atom is 0.251 e. The fourth-order valence-corrected chi connectivity index (χ4v) is 3.87. The molecule has 1 aliphatic heterocycles. The molecular weight excluding hydrogens is 310 g/mol. The van der Waals surface area contributed by atoms with Gasteiger partial charge in [0.1, 0.15) is 0 Å². The van der Waals surface area contributed by atoms with Gasteiger partial charge in [-0.15, -0.1) is 0 Å². The predicted octanol–water partition coefficient (Wildman–Crippen LogP) is 3.91. The number of fused-ring (bicyclic) bond motifs is 1. The SMILES string of the molecule is CNC(=O)c1cccc(N2CCC(c3c[nH]c4ccccc34)CC2)c1. The highest BCUT2D eigenvalue weighted by molar-refractivity contribution is 5.94. The Hall–Kier alpha value is -2.75. The Balaban J connectivity index is 1.49. The average molecular weight is 333 g/mol. The largest absolute Gasteiger partial charge is 0.371 e. The summed E-state index contributed by atoms with van der Waals surface area (Å²) in [4.78, 5) is 17.6. The number of H-pyrrole nitrogens is 1. The van der Waals surface area contributed by atoms with Crippen LogP contribution in [0.25, 0.3) is 10.9 Å². The Morgan fingerprint density at radius 1 is 1.12 bits per heavy atom. The van der Waals surface area contributed by atoms with Gasteiger partial charge in [0.05, 0.1) is 0 Å². The number of anilines is 1. The Morgan fingerprint density at radius 3 is 2.72 bits per heavy atom. The van der Waals surface area contributed by atoms with Crippen molar-refractivity contribution in [1.29, 1.82) is 0 Å². The Bertz CT molecular complexity index is 891. The van der Waals surface area contributed by atoms with Crippen LogP contribution in [0.2, 0.25) is 0 Å². The number of hydrogen-bond donors (Lipinski definition) is 2. The molecule has 3 aromatic rings. The minimum atomic E-state index is -0.0319. The third kappa shape index (κ3) is 3.00. The van der Waals surface area contributed by atoms with Crippen molar-refractivity contribution in [2.75, 3.05) is 25.0 Å². The molecule has 1 fully saturated rings. The van der Waals surface area contributed by atoms with Crippen LogP contribution in [0.3, 0.4) is 0 Å². The van der Waals surface area contributed by atoms with Gasteiger partial charge in [-0.3, -0.25) is 4.79 Å². The zero-order valence-electron chi connectivity index (χ0n) is 14.5. The minimum absolute atomic E-state index is 0.0319. The second kappa shape index (κ2) is 6.63. The lowest BCUT2D eigenvalue weighted by atomic mass is 9.89. The van der Waals surface area contributed by atoms with Gasteiger partial charge in [-0.05, 0) is 48.6 Å². The first-order valence-electron chi connectivity index (χ1n) is 8.89. The van der Waals surface area contributed by atoms with E-state index < -0.39 is 0 Å². The van der Waals surface area contributed by atoms with Crippen LogP contribution < -0.4 is 10.2 Å². The summed E-state index contributed by atoms with van der Waals surface area (Å²) in [6.45, 7) is 2.03. The van der Waals surface area contributed by atoms with E-state index in [1.165, 1.54) is 16.5 Å². The lowest BCUT2D eigenvalue weighted by molar-refractivity contribution is 0.0963. The van der Waals surface area contributed by atoms with Crippen molar-refractivity contribution >= 4 is 22.5 Å². The number of nitrogens with one attached hydrogen (secondary N) is 2. The zero-order valence-corrected chi connectivity index (χ0v) is 14.5. The Kier molecular flexibility index (Phi) is 4.18. The predicted molar refractivity (Wildman–Crippen MR) is 102 cm³/mol. The molecule has 2 aromatic carbocycles. The molecule has 0 saturated carbocycles. The standard InChI is InChI=1S/C21H23N3O/c1-22-21(25)16-5-4-6-17(13-16)24-11-9-15(10-12-24)19-14-23-20-8-3-2-7-18(19)20/h2-8,13-15,23H,9-12H2,1H3,(H,22,25). The number of carbonyl (C=O) groups excluding carboxylic acids is 1. The van der Waals surface area contributed by atoms with Crippen LogP contribution in [0.15, 0.2) is 54.7 Å². The topological polar surface area (TPSA) is 48.1 Å². The summed E-state index contributed by atoms with van der Waals surface area (Å²) in [5, 5.41) is 4.04. The van der Waals surface area contributed by atoms with E-state index >= 15 is 0 Å². The lowest BCUT2D eigenvalue weighted by Gasteiger charge is -2.33. The molecule has 2 N–H and O–H groups in total. The van der Waals surface area contributed by atoms with Crippen molar-refractivity contribution in [3.05, 3.63) is 65.9 Å². The van der Waals surface area contributed by atoms with Crippen molar-refractivity contribution in [2.24, 2.45) is 0 Å². The smallest absolute Gasteiger partial charge is 0.251 e. The number of aromatic nitrogens is 1. The number of hydrogen-bond acceptors (Lipinski definition) is 2. The Morgan fingerprint density at radius 2 is 1.92 bits per heavy atom. The van der Waals surface area contributed by atoms with Crippen LogP contribution in [0.5, 0.6) is 0 Å². The number of nitrogens with zero attached hydrogens (tertiary/aromatic N) is 1. The van der Waals surface area contributed by atoms with Crippen molar-refractivity contribution in [3.63, 3.8) is 0 Å². The molecule has 2 heterocycles. The second-order valence-electron chi connectivity index (χ2n) is 6.68. The molecule has 0 unspecified atom stereocenters. The molecule has 0 bridgehead atoms. The Labute approximate surface area is 147 Å². The molecule has 4 nitrogen and oxygen atoms in total. The van der Waals surface area contributed by atoms with E-state index in [9.17, 15) is 4.79 Å². The van der Waals surface area contributed by atoms with Crippen LogP contribution in [-0.2, 0) is 0 Å². The van der Waals surface area contributed by atoms with E-state index in [1.807, 2.05) is 18.2 Å². The highest BCUT2D eigenvalue weighted by Crippen LogP contribution is 2.34. The van der Waals surface area contributed by atoms with Crippen molar-refractivity contribution in [3.8, 4) is 0 Å². The van der Waals surface area contributed by atoms with Gasteiger partial charge in [-0.25, -0.2) is 0 Å². The van der Waals surface area contributed by atoms with Gasteiger partial charge in [0.2, 0.25) is 0 Å². The average Bonchev–Trinajstić information content (AvgIpc) is 3.12. The molecule has 0 radical (unpaired) electrons. The first-order valence-corrected chi connectivity index (χ1v) is 8.89. The van der Waals surface area contributed by atoms with Gasteiger partial charge in [0, 0.05) is 48.5 Å². The van der Waals surface area contributed by atoms with Gasteiger partial charge in [-0.1, -0.05) is 24.3 Å². The van der Waals surface area contributed by atoms with Crippen LogP contribution in [0.4, 0.5) is 5.69 Å². The molecule has 1 amide bonds. The molecule has 1 saturated heterocycles. The third-order valence-electron chi connectivity index (χ3n) is 5.26. The number of rotatable bonds is 3. The minimum Gasteiger partial charge on any atom is -0.371 e. The summed E-state index contributed by atoms with van der Waals surface area (Å²) >= 11 is 0. The van der Waals surface area contributed by atoms with Gasteiger partial charge in [-0.2, -0.15) is 0 Å². The number of aromatic amines is 1. The molecule has 1 aromatic heterocycles. The number of benzene rings is 2. The van der Waals surface area contributed by atoms with Crippen molar-refractivity contribution in [1.82, 2.24) is 10.3 Å². The molecule has 128 valence electrons. The number of amides is 1. The van der Waals surface area contributed by atoms with E-state index in [0.717, 1.165) is 37.2 Å². The molecule has 25 heavy (non-hydrogen) atoms. The van der Waals surface area contributed by atoms with E-state index in [1.54, 1.807) is 7.05 Å². The number of para-hydroxylation sites is 1. The number of piperidine rings is 1. The normalized spacial score (nSPS) is 15.5. The van der Waals surface area contributed by atoms with Gasteiger partial charge in [0.15, 0.2) is 0 Å². The van der Waals surface area contributed by atoms with Crippen molar-refractivity contribution < 1.29 is 4.79 Å². The monoisotopic (exact) mass is 333 g/mol. The van der Waals surface area contributed by atoms with E-state index in [-0.39, 0.29) is 5.91 Å². The van der Waals surface area contributed by atoms with Crippen LogP contribution in [0.1, 0.15) is 34.7 Å². The summed E-state index contributed by atoms with van der Waals surface area (Å²) < 4.78 is 0. The van der Waals surface area contributed by atoms with E-state index in [4.69, 9.17) is 0 Å². The summed E-state index contributed by atoms with van der Waals surface area (Å²) in [6.07, 6.45) is 4.44. The first kappa shape index (κ1) is 15.8. The maximum absolute atomic E-state index is 11.8. The fraction of sp³-hybridized carbons (Fsp3) is 0.286. The summed E-state index contributed by atoms with van der Waals surface area (Å²) in [6, 6.07) is 16.4. The third-order valence-corrected chi connectivity index (χ3v) is 5.26. The summed E-state index contributed by atoms with van der Waals surface area (Å²) in [5.74, 6) is 0.560. The number of carbonyl (C=O) groups is 1. The van der Waals surface area contributed by atoms with Crippen LogP contribution >= 0.6 is 0 Å². The van der Waals surface area contributed by atoms with Gasteiger partial charge < -0.3 is 15.2 Å². The van der Waals surface area contributed by atoms with E-state index in [2.05, 4.69) is 51.7 Å². The van der Waals surface area contributed by atoms with Crippen molar-refractivity contribution in [2.45, 2.75) is 18.8 Å². The molecular formula is C21H23N3O. The molecule has 0 spiro atoms. The molecule has 1 aliphatic rings.